The second-order valence-corrected chi connectivity index (χ2v) is 7.68. The van der Waals surface area contributed by atoms with Gasteiger partial charge in [-0.05, 0) is 29.3 Å². The topological polar surface area (TPSA) is 45.3 Å². The lowest BCUT2D eigenvalue weighted by molar-refractivity contribution is -0.137. The van der Waals surface area contributed by atoms with Crippen LogP contribution in [-0.2, 0) is 15.7 Å². The van der Waals surface area contributed by atoms with Crippen molar-refractivity contribution in [3.8, 4) is 0 Å². The Kier molecular flexibility index (Phi) is 5.75. The van der Waals surface area contributed by atoms with Crippen LogP contribution in [0.4, 0.5) is 13.2 Å². The van der Waals surface area contributed by atoms with Gasteiger partial charge in [-0.3, -0.25) is 4.79 Å². The van der Waals surface area contributed by atoms with E-state index in [2.05, 4.69) is 4.98 Å². The highest BCUT2D eigenvalue weighted by Crippen LogP contribution is 2.40. The molecule has 8 heteroatoms. The lowest BCUT2D eigenvalue weighted by Gasteiger charge is -2.29. The van der Waals surface area contributed by atoms with Crippen molar-refractivity contribution in [1.29, 1.82) is 0 Å². The quantitative estimate of drug-likeness (QED) is 0.609. The van der Waals surface area contributed by atoms with E-state index < -0.39 is 17.7 Å². The fourth-order valence-electron chi connectivity index (χ4n) is 3.88. The molecule has 30 heavy (non-hydrogen) atoms. The first-order chi connectivity index (χ1) is 14.3. The molecule has 158 valence electrons. The Bertz CT molecular complexity index is 1060. The number of rotatable bonds is 4. The van der Waals surface area contributed by atoms with Crippen LogP contribution in [0.3, 0.4) is 0 Å². The number of amides is 1. The molecule has 1 aliphatic heterocycles. The average molecular weight is 437 g/mol. The third-order valence-corrected chi connectivity index (χ3v) is 5.77. The van der Waals surface area contributed by atoms with Gasteiger partial charge in [-0.2, -0.15) is 13.2 Å². The number of aromatic nitrogens is 1. The normalized spacial score (nSPS) is 16.1. The number of carbonyl (C=O) groups excluding carboxylic acids is 1. The SMILES string of the molecule is O=C(CC(c1ccc(Cl)c(C(F)(F)F)c1)c1c[nH]c2ccccc12)N1CCOCC1. The molecule has 1 aliphatic rings. The van der Waals surface area contributed by atoms with Gasteiger partial charge in [-0.15, -0.1) is 0 Å². The number of halogens is 4. The van der Waals surface area contributed by atoms with Gasteiger partial charge in [-0.25, -0.2) is 0 Å². The Morgan fingerprint density at radius 3 is 2.63 bits per heavy atom. The van der Waals surface area contributed by atoms with Crippen molar-refractivity contribution in [3.05, 3.63) is 70.4 Å². The van der Waals surface area contributed by atoms with E-state index in [1.165, 1.54) is 6.07 Å². The van der Waals surface area contributed by atoms with E-state index in [0.717, 1.165) is 22.5 Å². The highest BCUT2D eigenvalue weighted by atomic mass is 35.5. The minimum Gasteiger partial charge on any atom is -0.378 e. The zero-order valence-electron chi connectivity index (χ0n) is 16.0. The van der Waals surface area contributed by atoms with Crippen molar-refractivity contribution in [2.24, 2.45) is 0 Å². The maximum Gasteiger partial charge on any atom is 0.417 e. The van der Waals surface area contributed by atoms with E-state index in [-0.39, 0.29) is 17.4 Å². The molecule has 1 aromatic heterocycles. The summed E-state index contributed by atoms with van der Waals surface area (Å²) in [5.41, 5.74) is 1.15. The van der Waals surface area contributed by atoms with Gasteiger partial charge in [0.25, 0.3) is 0 Å². The summed E-state index contributed by atoms with van der Waals surface area (Å²) in [6.07, 6.45) is -2.75. The first-order valence-corrected chi connectivity index (χ1v) is 10.0. The molecule has 1 fully saturated rings. The maximum atomic E-state index is 13.5. The number of fused-ring (bicyclic) bond motifs is 1. The molecule has 3 aromatic rings. The fourth-order valence-corrected chi connectivity index (χ4v) is 4.11. The fraction of sp³-hybridized carbons (Fsp3) is 0.318. The summed E-state index contributed by atoms with van der Waals surface area (Å²) in [4.78, 5) is 17.8. The smallest absolute Gasteiger partial charge is 0.378 e. The molecular weight excluding hydrogens is 417 g/mol. The maximum absolute atomic E-state index is 13.5. The van der Waals surface area contributed by atoms with E-state index in [4.69, 9.17) is 16.3 Å². The van der Waals surface area contributed by atoms with E-state index >= 15 is 0 Å². The lowest BCUT2D eigenvalue weighted by atomic mass is 9.87. The van der Waals surface area contributed by atoms with Gasteiger partial charge in [-0.1, -0.05) is 35.9 Å². The Labute approximate surface area is 176 Å². The summed E-state index contributed by atoms with van der Waals surface area (Å²) in [6.45, 7) is 1.88. The summed E-state index contributed by atoms with van der Waals surface area (Å²) in [7, 11) is 0. The number of morpholine rings is 1. The summed E-state index contributed by atoms with van der Waals surface area (Å²) in [5, 5.41) is 0.518. The molecule has 0 radical (unpaired) electrons. The van der Waals surface area contributed by atoms with E-state index in [1.807, 2.05) is 24.3 Å². The Morgan fingerprint density at radius 2 is 1.90 bits per heavy atom. The van der Waals surface area contributed by atoms with Gasteiger partial charge < -0.3 is 14.6 Å². The van der Waals surface area contributed by atoms with Crippen LogP contribution in [0.2, 0.25) is 5.02 Å². The van der Waals surface area contributed by atoms with Gasteiger partial charge in [0, 0.05) is 42.5 Å². The first kappa shape index (κ1) is 20.8. The molecule has 1 unspecified atom stereocenters. The Morgan fingerprint density at radius 1 is 1.17 bits per heavy atom. The Balaban J connectivity index is 1.77. The van der Waals surface area contributed by atoms with Gasteiger partial charge >= 0.3 is 6.18 Å². The molecule has 1 amide bonds. The van der Waals surface area contributed by atoms with Crippen LogP contribution in [0.25, 0.3) is 10.9 Å². The summed E-state index contributed by atoms with van der Waals surface area (Å²) in [5.74, 6) is -0.660. The zero-order valence-corrected chi connectivity index (χ0v) is 16.8. The number of carbonyl (C=O) groups is 1. The predicted molar refractivity (Wildman–Crippen MR) is 109 cm³/mol. The summed E-state index contributed by atoms with van der Waals surface area (Å²) < 4.78 is 45.7. The number of H-pyrrole nitrogens is 1. The van der Waals surface area contributed by atoms with Crippen LogP contribution in [0, 0.1) is 0 Å². The second kappa shape index (κ2) is 8.32. The van der Waals surface area contributed by atoms with Crippen LogP contribution < -0.4 is 0 Å². The van der Waals surface area contributed by atoms with Crippen molar-refractivity contribution < 1.29 is 22.7 Å². The number of nitrogens with zero attached hydrogens (tertiary/aromatic N) is 1. The summed E-state index contributed by atoms with van der Waals surface area (Å²) >= 11 is 5.82. The average Bonchev–Trinajstić information content (AvgIpc) is 3.16. The molecule has 0 bridgehead atoms. The number of nitrogens with one attached hydrogen (secondary N) is 1. The molecule has 4 nitrogen and oxygen atoms in total. The molecule has 1 atom stereocenters. The highest BCUT2D eigenvalue weighted by molar-refractivity contribution is 6.31. The second-order valence-electron chi connectivity index (χ2n) is 7.28. The number of alkyl halides is 3. The molecule has 2 aromatic carbocycles. The minimum atomic E-state index is -4.58. The molecule has 0 saturated carbocycles. The number of hydrogen-bond acceptors (Lipinski definition) is 2. The summed E-state index contributed by atoms with van der Waals surface area (Å²) in [6, 6.07) is 11.4. The largest absolute Gasteiger partial charge is 0.417 e. The van der Waals surface area contributed by atoms with Crippen molar-refractivity contribution >= 4 is 28.4 Å². The van der Waals surface area contributed by atoms with Crippen LogP contribution in [-0.4, -0.2) is 42.1 Å². The van der Waals surface area contributed by atoms with Crippen LogP contribution in [0.1, 0.15) is 29.0 Å². The lowest BCUT2D eigenvalue weighted by Crippen LogP contribution is -2.41. The molecule has 0 spiro atoms. The highest BCUT2D eigenvalue weighted by Gasteiger charge is 2.35. The van der Waals surface area contributed by atoms with E-state index in [1.54, 1.807) is 17.2 Å². The van der Waals surface area contributed by atoms with Gasteiger partial charge in [0.1, 0.15) is 0 Å². The minimum absolute atomic E-state index is 0.0563. The van der Waals surface area contributed by atoms with Crippen molar-refractivity contribution in [1.82, 2.24) is 9.88 Å². The number of aromatic amines is 1. The van der Waals surface area contributed by atoms with Crippen LogP contribution in [0.5, 0.6) is 0 Å². The zero-order chi connectivity index (χ0) is 21.3. The molecule has 0 aliphatic carbocycles. The number of benzene rings is 2. The van der Waals surface area contributed by atoms with Crippen LogP contribution in [0.15, 0.2) is 48.7 Å². The number of ether oxygens (including phenoxy) is 1. The standard InChI is InChI=1S/C22H20ClF3N2O2/c23-19-6-5-14(11-18(19)22(24,25)26)16(12-21(29)28-7-9-30-10-8-28)17-13-27-20-4-2-1-3-15(17)20/h1-6,11,13,16,27H,7-10,12H2. The third kappa shape index (κ3) is 4.18. The molecule has 1 N–H and O–H groups in total. The Hall–Kier alpha value is -2.51. The third-order valence-electron chi connectivity index (χ3n) is 5.44. The van der Waals surface area contributed by atoms with Crippen molar-refractivity contribution in [2.75, 3.05) is 26.3 Å². The predicted octanol–water partition coefficient (Wildman–Crippen LogP) is 5.22. The van der Waals surface area contributed by atoms with Crippen LogP contribution >= 0.6 is 11.6 Å². The molecule has 2 heterocycles. The van der Waals surface area contributed by atoms with Gasteiger partial charge in [0.15, 0.2) is 0 Å². The van der Waals surface area contributed by atoms with Gasteiger partial charge in [0.2, 0.25) is 5.91 Å². The van der Waals surface area contributed by atoms with Crippen molar-refractivity contribution in [2.45, 2.75) is 18.5 Å². The molecule has 1 saturated heterocycles. The first-order valence-electron chi connectivity index (χ1n) is 9.63. The van der Waals surface area contributed by atoms with Gasteiger partial charge in [0.05, 0.1) is 23.8 Å². The van der Waals surface area contributed by atoms with Crippen molar-refractivity contribution in [3.63, 3.8) is 0 Å². The number of hydrogen-bond donors (Lipinski definition) is 1. The molecular formula is C22H20ClF3N2O2. The monoisotopic (exact) mass is 436 g/mol. The van der Waals surface area contributed by atoms with E-state index in [9.17, 15) is 18.0 Å². The number of para-hydroxylation sites is 1. The van der Waals surface area contributed by atoms with E-state index in [0.29, 0.717) is 31.9 Å². The molecule has 4 rings (SSSR count).